The minimum Gasteiger partial charge on any atom is -0.455 e. The molecule has 2 aromatic carbocycles. The molecule has 0 aliphatic rings. The predicted octanol–water partition coefficient (Wildman–Crippen LogP) is 2.39. The molecule has 0 saturated carbocycles. The molecule has 4 rings (SSSR count). The van der Waals surface area contributed by atoms with Crippen LogP contribution in [0.25, 0.3) is 32.7 Å². The molecule has 0 N–H and O–H groups in total. The summed E-state index contributed by atoms with van der Waals surface area (Å²) in [4.78, 5) is 4.15. The maximum Gasteiger partial charge on any atom is 0.143 e. The lowest BCUT2D eigenvalue weighted by Gasteiger charge is -1.97. The van der Waals surface area contributed by atoms with E-state index in [-0.39, 0.29) is 0 Å². The first-order valence-electron chi connectivity index (χ1n) is 5.99. The molecular weight excluding hydrogens is 221 g/mol. The van der Waals surface area contributed by atoms with Gasteiger partial charge in [-0.3, -0.25) is 4.98 Å². The van der Waals surface area contributed by atoms with E-state index in [9.17, 15) is 0 Å². The number of nitrogens with zero attached hydrogens (tertiary/aromatic N) is 1. The third-order valence-electron chi connectivity index (χ3n) is 3.49. The second-order valence-corrected chi connectivity index (χ2v) is 4.59. The quantitative estimate of drug-likeness (QED) is 0.434. The molecule has 0 fully saturated rings. The van der Waals surface area contributed by atoms with Gasteiger partial charge >= 0.3 is 0 Å². The Balaban J connectivity index is 2.34. The highest BCUT2D eigenvalue weighted by atomic mass is 16.3. The lowest BCUT2D eigenvalue weighted by molar-refractivity contribution is 0.673. The van der Waals surface area contributed by atoms with Crippen molar-refractivity contribution in [2.75, 3.05) is 0 Å². The molecule has 0 aliphatic heterocycles. The first kappa shape index (κ1) is 9.72. The molecule has 18 heavy (non-hydrogen) atoms. The number of benzene rings is 2. The van der Waals surface area contributed by atoms with Crippen LogP contribution in [0.3, 0.4) is 0 Å². The van der Waals surface area contributed by atoms with E-state index < -0.39 is 0 Å². The fourth-order valence-corrected chi connectivity index (χ4v) is 2.63. The Hall–Kier alpha value is -2.29. The molecule has 0 amide bonds. The molecule has 2 nitrogen and oxygen atoms in total. The molecule has 0 radical (unpaired) electrons. The van der Waals surface area contributed by atoms with Crippen molar-refractivity contribution >= 4 is 46.0 Å². The molecule has 4 aromatic rings. The Morgan fingerprint density at radius 2 is 1.94 bits per heavy atom. The van der Waals surface area contributed by atoms with Gasteiger partial charge in [0.15, 0.2) is 0 Å². The summed E-state index contributed by atoms with van der Waals surface area (Å²) in [6, 6.07) is 12.4. The second-order valence-electron chi connectivity index (χ2n) is 4.59. The largest absolute Gasteiger partial charge is 0.455 e. The molecule has 2 heterocycles. The van der Waals surface area contributed by atoms with E-state index in [2.05, 4.69) is 31.0 Å². The highest BCUT2D eigenvalue weighted by Crippen LogP contribution is 2.32. The van der Waals surface area contributed by atoms with Gasteiger partial charge in [0.1, 0.15) is 19.0 Å². The van der Waals surface area contributed by atoms with Crippen LogP contribution >= 0.6 is 0 Å². The fraction of sp³-hybridized carbons (Fsp3) is 0. The van der Waals surface area contributed by atoms with Crippen molar-refractivity contribution in [3.05, 3.63) is 48.8 Å². The zero-order valence-corrected chi connectivity index (χ0v) is 9.97. The van der Waals surface area contributed by atoms with Crippen molar-refractivity contribution in [1.29, 1.82) is 0 Å². The van der Waals surface area contributed by atoms with E-state index in [1.54, 1.807) is 0 Å². The number of hydrogen-bond acceptors (Lipinski definition) is 2. The smallest absolute Gasteiger partial charge is 0.143 e. The highest BCUT2D eigenvalue weighted by Gasteiger charge is 2.10. The van der Waals surface area contributed by atoms with Crippen molar-refractivity contribution < 1.29 is 4.42 Å². The number of rotatable bonds is 0. The molecule has 0 bridgehead atoms. The summed E-state index contributed by atoms with van der Waals surface area (Å²) in [5.41, 5.74) is 3.16. The maximum absolute atomic E-state index is 6.02. The van der Waals surface area contributed by atoms with Crippen molar-refractivity contribution in [2.45, 2.75) is 0 Å². The Kier molecular flexibility index (Phi) is 1.81. The lowest BCUT2D eigenvalue weighted by atomic mass is 9.91. The summed E-state index contributed by atoms with van der Waals surface area (Å²) in [7, 11) is 2.12. The Morgan fingerprint density at radius 3 is 2.89 bits per heavy atom. The van der Waals surface area contributed by atoms with E-state index in [4.69, 9.17) is 4.42 Å². The first-order valence-corrected chi connectivity index (χ1v) is 5.99. The van der Waals surface area contributed by atoms with Crippen LogP contribution in [0.2, 0.25) is 0 Å². The maximum atomic E-state index is 6.02. The van der Waals surface area contributed by atoms with Crippen LogP contribution in [0, 0.1) is 0 Å². The van der Waals surface area contributed by atoms with E-state index in [0.717, 1.165) is 21.9 Å². The van der Waals surface area contributed by atoms with Gasteiger partial charge in [-0.2, -0.15) is 0 Å². The minimum atomic E-state index is 0.953. The third kappa shape index (κ3) is 1.16. The van der Waals surface area contributed by atoms with Crippen LogP contribution < -0.4 is 5.46 Å². The number of furan rings is 1. The molecule has 0 spiro atoms. The summed E-state index contributed by atoms with van der Waals surface area (Å²) < 4.78 is 6.02. The van der Waals surface area contributed by atoms with Gasteiger partial charge in [0.25, 0.3) is 0 Å². The van der Waals surface area contributed by atoms with Crippen LogP contribution in [-0.2, 0) is 0 Å². The minimum absolute atomic E-state index is 0.953. The van der Waals surface area contributed by atoms with Gasteiger partial charge in [0.2, 0.25) is 0 Å². The fourth-order valence-electron chi connectivity index (χ4n) is 2.63. The van der Waals surface area contributed by atoms with E-state index >= 15 is 0 Å². The summed E-state index contributed by atoms with van der Waals surface area (Å²) in [6.07, 6.45) is 3.68. The summed E-state index contributed by atoms with van der Waals surface area (Å²) >= 11 is 0. The zero-order chi connectivity index (χ0) is 12.1. The van der Waals surface area contributed by atoms with Gasteiger partial charge in [-0.25, -0.2) is 0 Å². The molecular formula is C15H10BNO. The summed E-state index contributed by atoms with van der Waals surface area (Å²) in [5, 5.41) is 4.63. The van der Waals surface area contributed by atoms with Crippen molar-refractivity contribution in [3.8, 4) is 0 Å². The first-order chi connectivity index (χ1) is 8.84. The Labute approximate surface area is 105 Å². The molecule has 0 saturated heterocycles. The summed E-state index contributed by atoms with van der Waals surface area (Å²) in [6.45, 7) is 0. The van der Waals surface area contributed by atoms with Gasteiger partial charge in [0, 0.05) is 33.9 Å². The van der Waals surface area contributed by atoms with Crippen molar-refractivity contribution in [1.82, 2.24) is 4.98 Å². The lowest BCUT2D eigenvalue weighted by Crippen LogP contribution is -2.00. The number of fused-ring (bicyclic) bond motifs is 5. The molecule has 3 heteroatoms. The standard InChI is InChI=1S/C15H10BNO/c16-12-2-1-3-13-14(12)11-5-4-9-8-17-7-6-10(9)15(11)18-13/h1-8H,16H2. The van der Waals surface area contributed by atoms with Gasteiger partial charge in [-0.1, -0.05) is 23.7 Å². The molecule has 0 unspecified atom stereocenters. The van der Waals surface area contributed by atoms with Crippen molar-refractivity contribution in [3.63, 3.8) is 0 Å². The number of aromatic nitrogens is 1. The molecule has 2 aromatic heterocycles. The third-order valence-corrected chi connectivity index (χ3v) is 3.49. The van der Waals surface area contributed by atoms with Gasteiger partial charge in [0.05, 0.1) is 0 Å². The van der Waals surface area contributed by atoms with Gasteiger partial charge in [-0.05, 0) is 18.2 Å². The van der Waals surface area contributed by atoms with E-state index in [1.165, 1.54) is 16.2 Å². The number of hydrogen-bond donors (Lipinski definition) is 0. The van der Waals surface area contributed by atoms with Crippen molar-refractivity contribution in [2.24, 2.45) is 0 Å². The van der Waals surface area contributed by atoms with Gasteiger partial charge in [-0.15, -0.1) is 0 Å². The van der Waals surface area contributed by atoms with E-state index in [1.807, 2.05) is 30.6 Å². The average Bonchev–Trinajstić information content (AvgIpc) is 2.79. The average molecular weight is 231 g/mol. The SMILES string of the molecule is Bc1cccc2oc3c4ccncc4ccc3c12. The van der Waals surface area contributed by atoms with Crippen LogP contribution in [-0.4, -0.2) is 12.8 Å². The normalized spacial score (nSPS) is 11.6. The zero-order valence-electron chi connectivity index (χ0n) is 9.97. The predicted molar refractivity (Wildman–Crippen MR) is 77.2 cm³/mol. The van der Waals surface area contributed by atoms with Crippen LogP contribution in [0.15, 0.2) is 53.2 Å². The van der Waals surface area contributed by atoms with Crippen LogP contribution in [0.4, 0.5) is 0 Å². The van der Waals surface area contributed by atoms with Gasteiger partial charge < -0.3 is 4.42 Å². The topological polar surface area (TPSA) is 26.0 Å². The molecule has 84 valence electrons. The second kappa shape index (κ2) is 3.36. The Morgan fingerprint density at radius 1 is 1.00 bits per heavy atom. The monoisotopic (exact) mass is 231 g/mol. The molecule has 0 aliphatic carbocycles. The van der Waals surface area contributed by atoms with E-state index in [0.29, 0.717) is 0 Å². The Bertz CT molecular complexity index is 895. The molecule has 0 atom stereocenters. The summed E-state index contributed by atoms with van der Waals surface area (Å²) in [5.74, 6) is 0. The highest BCUT2D eigenvalue weighted by molar-refractivity contribution is 6.41. The van der Waals surface area contributed by atoms with Crippen LogP contribution in [0.1, 0.15) is 0 Å². The number of pyridine rings is 1. The van der Waals surface area contributed by atoms with Crippen LogP contribution in [0.5, 0.6) is 0 Å².